The average molecular weight is 394 g/mol. The fraction of sp³-hybridized carbons (Fsp3) is 0.318. The van der Waals surface area contributed by atoms with Gasteiger partial charge in [0, 0.05) is 32.6 Å². The van der Waals surface area contributed by atoms with Gasteiger partial charge in [0.2, 0.25) is 11.9 Å². The van der Waals surface area contributed by atoms with E-state index in [0.29, 0.717) is 23.4 Å². The van der Waals surface area contributed by atoms with Crippen LogP contribution in [0.1, 0.15) is 24.8 Å². The van der Waals surface area contributed by atoms with Gasteiger partial charge in [-0.2, -0.15) is 0 Å². The van der Waals surface area contributed by atoms with Crippen molar-refractivity contribution >= 4 is 22.8 Å². The van der Waals surface area contributed by atoms with Crippen LogP contribution in [0.15, 0.2) is 53.3 Å². The van der Waals surface area contributed by atoms with Gasteiger partial charge in [0.15, 0.2) is 0 Å². The fourth-order valence-corrected chi connectivity index (χ4v) is 3.62. The number of aromatic nitrogens is 2. The molecule has 2 heterocycles. The van der Waals surface area contributed by atoms with Crippen LogP contribution in [0.3, 0.4) is 0 Å². The van der Waals surface area contributed by atoms with E-state index in [1.165, 1.54) is 12.1 Å². The lowest BCUT2D eigenvalue weighted by Gasteiger charge is -2.21. The number of nitrogens with one attached hydrogen (secondary N) is 1. The van der Waals surface area contributed by atoms with Crippen LogP contribution in [-0.4, -0.2) is 28.5 Å². The summed E-state index contributed by atoms with van der Waals surface area (Å²) in [5.74, 6) is 0.164. The molecule has 0 bridgehead atoms. The predicted molar refractivity (Wildman–Crippen MR) is 110 cm³/mol. The maximum atomic E-state index is 13.1. The number of hydrogen-bond donors (Lipinski definition) is 1. The summed E-state index contributed by atoms with van der Waals surface area (Å²) in [6, 6.07) is 13.3. The highest BCUT2D eigenvalue weighted by molar-refractivity contribution is 5.79. The van der Waals surface area contributed by atoms with Gasteiger partial charge in [0.25, 0.3) is 5.56 Å². The summed E-state index contributed by atoms with van der Waals surface area (Å²) in [6.45, 7) is 2.31. The lowest BCUT2D eigenvalue weighted by Crippen LogP contribution is -2.33. The highest BCUT2D eigenvalue weighted by Crippen LogP contribution is 2.20. The minimum Gasteiger partial charge on any atom is -0.352 e. The minimum atomic E-state index is -0.308. The second kappa shape index (κ2) is 8.43. The van der Waals surface area contributed by atoms with Gasteiger partial charge in [-0.15, -0.1) is 0 Å². The monoisotopic (exact) mass is 394 g/mol. The third-order valence-corrected chi connectivity index (χ3v) is 5.20. The maximum absolute atomic E-state index is 13.1. The zero-order valence-corrected chi connectivity index (χ0v) is 16.1. The van der Waals surface area contributed by atoms with Crippen LogP contribution in [0.4, 0.5) is 10.3 Å². The second-order valence-corrected chi connectivity index (χ2v) is 7.23. The van der Waals surface area contributed by atoms with Crippen LogP contribution in [0.5, 0.6) is 0 Å². The smallest absolute Gasteiger partial charge is 0.262 e. The molecular weight excluding hydrogens is 371 g/mol. The van der Waals surface area contributed by atoms with Gasteiger partial charge < -0.3 is 10.2 Å². The summed E-state index contributed by atoms with van der Waals surface area (Å²) >= 11 is 0. The van der Waals surface area contributed by atoms with Gasteiger partial charge in [0.1, 0.15) is 5.82 Å². The molecule has 0 radical (unpaired) electrons. The van der Waals surface area contributed by atoms with E-state index in [9.17, 15) is 14.0 Å². The number of amides is 1. The van der Waals surface area contributed by atoms with Crippen molar-refractivity contribution in [2.75, 3.05) is 18.0 Å². The van der Waals surface area contributed by atoms with Crippen LogP contribution in [-0.2, 0) is 17.9 Å². The van der Waals surface area contributed by atoms with E-state index in [4.69, 9.17) is 4.98 Å². The normalized spacial score (nSPS) is 13.8. The molecule has 0 saturated carbocycles. The summed E-state index contributed by atoms with van der Waals surface area (Å²) in [5, 5.41) is 3.38. The molecule has 1 aliphatic heterocycles. The third-order valence-electron chi connectivity index (χ3n) is 5.20. The summed E-state index contributed by atoms with van der Waals surface area (Å²) in [5.41, 5.74) is 1.38. The first kappa shape index (κ1) is 19.1. The molecule has 1 aromatic heterocycles. The molecule has 1 fully saturated rings. The van der Waals surface area contributed by atoms with Crippen LogP contribution < -0.4 is 15.8 Å². The topological polar surface area (TPSA) is 67.2 Å². The van der Waals surface area contributed by atoms with Crippen molar-refractivity contribution < 1.29 is 9.18 Å². The molecule has 1 amide bonds. The first-order valence-corrected chi connectivity index (χ1v) is 9.87. The van der Waals surface area contributed by atoms with Crippen LogP contribution in [0.2, 0.25) is 0 Å². The van der Waals surface area contributed by atoms with E-state index in [0.717, 1.165) is 31.5 Å². The minimum absolute atomic E-state index is 0.121. The van der Waals surface area contributed by atoms with E-state index in [1.54, 1.807) is 22.8 Å². The van der Waals surface area contributed by atoms with Gasteiger partial charge in [-0.05, 0) is 42.7 Å². The highest BCUT2D eigenvalue weighted by Gasteiger charge is 2.20. The average Bonchev–Trinajstić information content (AvgIpc) is 3.27. The summed E-state index contributed by atoms with van der Waals surface area (Å²) < 4.78 is 14.6. The number of benzene rings is 2. The Morgan fingerprint density at radius 1 is 1.07 bits per heavy atom. The highest BCUT2D eigenvalue weighted by atomic mass is 19.1. The number of carbonyl (C=O) groups is 1. The van der Waals surface area contributed by atoms with E-state index < -0.39 is 0 Å². The molecule has 0 unspecified atom stereocenters. The number of carbonyl (C=O) groups excluding carboxylic acids is 1. The number of fused-ring (bicyclic) bond motifs is 1. The molecule has 7 heteroatoms. The van der Waals surface area contributed by atoms with Gasteiger partial charge in [-0.1, -0.05) is 24.3 Å². The summed E-state index contributed by atoms with van der Waals surface area (Å²) in [4.78, 5) is 32.2. The Hall–Kier alpha value is -3.22. The Labute approximate surface area is 168 Å². The summed E-state index contributed by atoms with van der Waals surface area (Å²) in [6.07, 6.45) is 2.31. The SMILES string of the molecule is O=C(CCn1c(N2CCCC2)nc2ccccc2c1=O)NCc1ccc(F)cc1. The second-order valence-electron chi connectivity index (χ2n) is 7.23. The Bertz CT molecular complexity index is 1070. The number of halogens is 1. The van der Waals surface area contributed by atoms with Crippen molar-refractivity contribution in [2.45, 2.75) is 32.4 Å². The molecule has 0 atom stereocenters. The molecule has 4 rings (SSSR count). The lowest BCUT2D eigenvalue weighted by atomic mass is 10.2. The van der Waals surface area contributed by atoms with Crippen LogP contribution in [0, 0.1) is 5.82 Å². The predicted octanol–water partition coefficient (Wildman–Crippen LogP) is 2.84. The zero-order valence-electron chi connectivity index (χ0n) is 16.1. The molecule has 0 spiro atoms. The molecule has 1 saturated heterocycles. The summed E-state index contributed by atoms with van der Waals surface area (Å²) in [7, 11) is 0. The number of rotatable bonds is 6. The molecule has 6 nitrogen and oxygen atoms in total. The first-order valence-electron chi connectivity index (χ1n) is 9.87. The molecule has 3 aromatic rings. The van der Waals surface area contributed by atoms with E-state index >= 15 is 0 Å². The van der Waals surface area contributed by atoms with Crippen LogP contribution in [0.25, 0.3) is 10.9 Å². The van der Waals surface area contributed by atoms with Gasteiger partial charge in [0.05, 0.1) is 10.9 Å². The fourth-order valence-electron chi connectivity index (χ4n) is 3.62. The Morgan fingerprint density at radius 3 is 2.55 bits per heavy atom. The number of anilines is 1. The third kappa shape index (κ3) is 4.29. The molecular formula is C22H23FN4O2. The first-order chi connectivity index (χ1) is 14.1. The largest absolute Gasteiger partial charge is 0.352 e. The number of nitrogens with zero attached hydrogens (tertiary/aromatic N) is 3. The van der Waals surface area contributed by atoms with Gasteiger partial charge >= 0.3 is 0 Å². The van der Waals surface area contributed by atoms with E-state index in [1.807, 2.05) is 18.2 Å². The molecule has 0 aliphatic carbocycles. The molecule has 150 valence electrons. The molecule has 2 aromatic carbocycles. The zero-order chi connectivity index (χ0) is 20.2. The van der Waals surface area contributed by atoms with Crippen molar-refractivity contribution in [3.05, 3.63) is 70.3 Å². The molecule has 29 heavy (non-hydrogen) atoms. The van der Waals surface area contributed by atoms with Crippen molar-refractivity contribution in [1.29, 1.82) is 0 Å². The standard InChI is InChI=1S/C22H23FN4O2/c23-17-9-7-16(8-10-17)15-24-20(28)11-14-27-21(29)18-5-1-2-6-19(18)25-22(27)26-12-3-4-13-26/h1-2,5-10H,3-4,11-15H2,(H,24,28). The van der Waals surface area contributed by atoms with Crippen molar-refractivity contribution in [3.8, 4) is 0 Å². The Kier molecular flexibility index (Phi) is 5.55. The van der Waals surface area contributed by atoms with Crippen molar-refractivity contribution in [1.82, 2.24) is 14.9 Å². The van der Waals surface area contributed by atoms with E-state index in [-0.39, 0.29) is 30.2 Å². The van der Waals surface area contributed by atoms with Crippen molar-refractivity contribution in [3.63, 3.8) is 0 Å². The number of hydrogen-bond acceptors (Lipinski definition) is 4. The Balaban J connectivity index is 1.51. The van der Waals surface area contributed by atoms with Crippen LogP contribution >= 0.6 is 0 Å². The number of para-hydroxylation sites is 1. The quantitative estimate of drug-likeness (QED) is 0.698. The van der Waals surface area contributed by atoms with Crippen molar-refractivity contribution in [2.24, 2.45) is 0 Å². The molecule has 1 N–H and O–H groups in total. The maximum Gasteiger partial charge on any atom is 0.262 e. The Morgan fingerprint density at radius 2 is 1.79 bits per heavy atom. The van der Waals surface area contributed by atoms with Gasteiger partial charge in [-0.3, -0.25) is 14.2 Å². The van der Waals surface area contributed by atoms with Gasteiger partial charge in [-0.25, -0.2) is 9.37 Å². The lowest BCUT2D eigenvalue weighted by molar-refractivity contribution is -0.121. The van der Waals surface area contributed by atoms with E-state index in [2.05, 4.69) is 10.2 Å². The molecule has 1 aliphatic rings.